The second kappa shape index (κ2) is 3.13. The lowest BCUT2D eigenvalue weighted by Gasteiger charge is -1.92. The molecule has 0 aliphatic carbocycles. The summed E-state index contributed by atoms with van der Waals surface area (Å²) in [7, 11) is 0. The molecule has 11 heavy (non-hydrogen) atoms. The van der Waals surface area contributed by atoms with Crippen molar-refractivity contribution in [3.8, 4) is 6.07 Å². The lowest BCUT2D eigenvalue weighted by Crippen LogP contribution is -1.88. The highest BCUT2D eigenvalue weighted by atomic mass is 35.5. The lowest BCUT2D eigenvalue weighted by atomic mass is 10.3. The average molecular weight is 167 g/mol. The predicted molar refractivity (Wildman–Crippen MR) is 39.3 cm³/mol. The number of aldehydes is 1. The molecule has 1 aromatic rings. The van der Waals surface area contributed by atoms with E-state index in [9.17, 15) is 4.79 Å². The number of halogens is 1. The Morgan fingerprint density at radius 1 is 1.64 bits per heavy atom. The van der Waals surface area contributed by atoms with E-state index in [1.807, 2.05) is 6.07 Å². The molecular weight excluding hydrogens is 164 g/mol. The number of carbonyl (C=O) groups excluding carboxylic acids is 1. The summed E-state index contributed by atoms with van der Waals surface area (Å²) in [4.78, 5) is 13.8. The van der Waals surface area contributed by atoms with Crippen LogP contribution in [0.15, 0.2) is 12.1 Å². The van der Waals surface area contributed by atoms with Crippen LogP contribution < -0.4 is 0 Å². The molecule has 0 aliphatic rings. The van der Waals surface area contributed by atoms with Crippen LogP contribution >= 0.6 is 11.6 Å². The SMILES string of the molecule is N#Cc1ccc(C=O)nc1Cl. The molecule has 1 heterocycles. The molecule has 0 radical (unpaired) electrons. The van der Waals surface area contributed by atoms with Crippen molar-refractivity contribution in [2.45, 2.75) is 0 Å². The first kappa shape index (κ1) is 7.70. The van der Waals surface area contributed by atoms with Gasteiger partial charge in [0.1, 0.15) is 16.9 Å². The van der Waals surface area contributed by atoms with E-state index < -0.39 is 0 Å². The van der Waals surface area contributed by atoms with Gasteiger partial charge < -0.3 is 0 Å². The van der Waals surface area contributed by atoms with E-state index in [1.165, 1.54) is 12.1 Å². The number of nitriles is 1. The van der Waals surface area contributed by atoms with Crippen molar-refractivity contribution in [1.29, 1.82) is 5.26 Å². The van der Waals surface area contributed by atoms with Crippen LogP contribution in [-0.4, -0.2) is 11.3 Å². The van der Waals surface area contributed by atoms with Crippen molar-refractivity contribution in [2.24, 2.45) is 0 Å². The van der Waals surface area contributed by atoms with Gasteiger partial charge in [0.25, 0.3) is 0 Å². The first-order valence-corrected chi connectivity index (χ1v) is 3.17. The maximum atomic E-state index is 10.2. The predicted octanol–water partition coefficient (Wildman–Crippen LogP) is 1.42. The molecule has 0 saturated carbocycles. The third-order valence-corrected chi connectivity index (χ3v) is 1.40. The zero-order chi connectivity index (χ0) is 8.27. The highest BCUT2D eigenvalue weighted by Crippen LogP contribution is 2.10. The third-order valence-electron chi connectivity index (χ3n) is 1.11. The van der Waals surface area contributed by atoms with Crippen molar-refractivity contribution >= 4 is 17.9 Å². The van der Waals surface area contributed by atoms with Crippen LogP contribution in [-0.2, 0) is 0 Å². The highest BCUT2D eigenvalue weighted by molar-refractivity contribution is 6.30. The third kappa shape index (κ3) is 1.54. The fourth-order valence-electron chi connectivity index (χ4n) is 0.597. The first-order valence-electron chi connectivity index (χ1n) is 2.79. The second-order valence-electron chi connectivity index (χ2n) is 1.80. The number of pyridine rings is 1. The van der Waals surface area contributed by atoms with Gasteiger partial charge in [0.15, 0.2) is 6.29 Å². The molecule has 0 aromatic carbocycles. The first-order chi connectivity index (χ1) is 5.27. The van der Waals surface area contributed by atoms with Crippen molar-refractivity contribution in [3.63, 3.8) is 0 Å². The summed E-state index contributed by atoms with van der Waals surface area (Å²) in [6, 6.07) is 4.74. The van der Waals surface area contributed by atoms with Crippen LogP contribution in [0, 0.1) is 11.3 Å². The zero-order valence-corrected chi connectivity index (χ0v) is 6.17. The fourth-order valence-corrected chi connectivity index (χ4v) is 0.800. The normalized spacial score (nSPS) is 8.73. The fraction of sp³-hybridized carbons (Fsp3) is 0. The number of carbonyl (C=O) groups is 1. The standard InChI is InChI=1S/C7H3ClN2O/c8-7-5(3-9)1-2-6(4-11)10-7/h1-2,4H. The molecular formula is C7H3ClN2O. The van der Waals surface area contributed by atoms with Crippen LogP contribution in [0.3, 0.4) is 0 Å². The summed E-state index contributed by atoms with van der Waals surface area (Å²) >= 11 is 5.52. The molecule has 1 aromatic heterocycles. The van der Waals surface area contributed by atoms with Crippen LogP contribution in [0.5, 0.6) is 0 Å². The molecule has 1 rings (SSSR count). The molecule has 0 N–H and O–H groups in total. The maximum absolute atomic E-state index is 10.2. The van der Waals surface area contributed by atoms with E-state index in [0.717, 1.165) is 0 Å². The quantitative estimate of drug-likeness (QED) is 0.468. The van der Waals surface area contributed by atoms with Crippen molar-refractivity contribution in [3.05, 3.63) is 28.5 Å². The number of aromatic nitrogens is 1. The highest BCUT2D eigenvalue weighted by Gasteiger charge is 2.00. The molecule has 4 heteroatoms. The molecule has 0 unspecified atom stereocenters. The Hall–Kier alpha value is -1.40. The van der Waals surface area contributed by atoms with Crippen LogP contribution in [0.25, 0.3) is 0 Å². The number of nitrogens with zero attached hydrogens (tertiary/aromatic N) is 2. The topological polar surface area (TPSA) is 53.8 Å². The minimum atomic E-state index is 0.0668. The van der Waals surface area contributed by atoms with Gasteiger partial charge in [0, 0.05) is 0 Å². The Balaban J connectivity index is 3.22. The summed E-state index contributed by atoms with van der Waals surface area (Å²) < 4.78 is 0. The Morgan fingerprint density at radius 2 is 2.36 bits per heavy atom. The molecule has 0 bridgehead atoms. The molecule has 0 aliphatic heterocycles. The van der Waals surface area contributed by atoms with Crippen molar-refractivity contribution in [1.82, 2.24) is 4.98 Å². The van der Waals surface area contributed by atoms with Gasteiger partial charge in [-0.1, -0.05) is 11.6 Å². The van der Waals surface area contributed by atoms with Crippen LogP contribution in [0.1, 0.15) is 16.1 Å². The minimum absolute atomic E-state index is 0.0668. The Bertz CT molecular complexity index is 330. The minimum Gasteiger partial charge on any atom is -0.296 e. The van der Waals surface area contributed by atoms with Gasteiger partial charge in [-0.3, -0.25) is 4.79 Å². The summed E-state index contributed by atoms with van der Waals surface area (Å²) in [5, 5.41) is 8.49. The lowest BCUT2D eigenvalue weighted by molar-refractivity contribution is 0.111. The molecule has 0 spiro atoms. The molecule has 3 nitrogen and oxygen atoms in total. The van der Waals surface area contributed by atoms with E-state index in [-0.39, 0.29) is 16.4 Å². The van der Waals surface area contributed by atoms with Crippen LogP contribution in [0.4, 0.5) is 0 Å². The largest absolute Gasteiger partial charge is 0.296 e. The van der Waals surface area contributed by atoms with Gasteiger partial charge in [0.05, 0.1) is 5.56 Å². The molecule has 0 amide bonds. The summed E-state index contributed by atoms with van der Waals surface area (Å²) in [5.74, 6) is 0. The molecule has 0 atom stereocenters. The Labute approximate surface area is 68.2 Å². The zero-order valence-electron chi connectivity index (χ0n) is 5.41. The smallest absolute Gasteiger partial charge is 0.168 e. The van der Waals surface area contributed by atoms with E-state index in [2.05, 4.69) is 4.98 Å². The number of rotatable bonds is 1. The number of hydrogen-bond donors (Lipinski definition) is 0. The van der Waals surface area contributed by atoms with Gasteiger partial charge >= 0.3 is 0 Å². The summed E-state index contributed by atoms with van der Waals surface area (Å²) in [6.45, 7) is 0. The van der Waals surface area contributed by atoms with E-state index in [0.29, 0.717) is 6.29 Å². The van der Waals surface area contributed by atoms with Crippen molar-refractivity contribution < 1.29 is 4.79 Å². The van der Waals surface area contributed by atoms with E-state index in [1.54, 1.807) is 0 Å². The van der Waals surface area contributed by atoms with Gasteiger partial charge in [-0.2, -0.15) is 5.26 Å². The molecule has 54 valence electrons. The van der Waals surface area contributed by atoms with Crippen molar-refractivity contribution in [2.75, 3.05) is 0 Å². The second-order valence-corrected chi connectivity index (χ2v) is 2.16. The van der Waals surface area contributed by atoms with Crippen LogP contribution in [0.2, 0.25) is 5.15 Å². The monoisotopic (exact) mass is 166 g/mol. The summed E-state index contributed by atoms with van der Waals surface area (Å²) in [5.41, 5.74) is 0.506. The van der Waals surface area contributed by atoms with Gasteiger partial charge in [0.2, 0.25) is 0 Å². The van der Waals surface area contributed by atoms with E-state index in [4.69, 9.17) is 16.9 Å². The maximum Gasteiger partial charge on any atom is 0.168 e. The number of hydrogen-bond acceptors (Lipinski definition) is 3. The molecule has 0 saturated heterocycles. The van der Waals surface area contributed by atoms with E-state index >= 15 is 0 Å². The van der Waals surface area contributed by atoms with Gasteiger partial charge in [-0.15, -0.1) is 0 Å². The Kier molecular flexibility index (Phi) is 2.19. The van der Waals surface area contributed by atoms with Gasteiger partial charge in [-0.25, -0.2) is 4.98 Å². The summed E-state index contributed by atoms with van der Waals surface area (Å²) in [6.07, 6.45) is 0.576. The molecule has 0 fully saturated rings. The average Bonchev–Trinajstić information content (AvgIpc) is 2.04. The van der Waals surface area contributed by atoms with Gasteiger partial charge in [-0.05, 0) is 12.1 Å². The Morgan fingerprint density at radius 3 is 2.82 bits per heavy atom.